The third-order valence-corrected chi connectivity index (χ3v) is 5.30. The minimum absolute atomic E-state index is 0.0386. The van der Waals surface area contributed by atoms with E-state index in [0.717, 1.165) is 17.1 Å². The van der Waals surface area contributed by atoms with Gasteiger partial charge in [0.1, 0.15) is 4.90 Å². The summed E-state index contributed by atoms with van der Waals surface area (Å²) in [5.41, 5.74) is 5.88. The molecule has 110 valence electrons. The van der Waals surface area contributed by atoms with E-state index in [2.05, 4.69) is 0 Å². The van der Waals surface area contributed by atoms with E-state index in [0.29, 0.717) is 13.1 Å². The third-order valence-electron chi connectivity index (χ3n) is 3.42. The van der Waals surface area contributed by atoms with Gasteiger partial charge in [0.2, 0.25) is 15.9 Å². The number of amides is 1. The molecule has 1 fully saturated rings. The Balaban J connectivity index is 2.13. The van der Waals surface area contributed by atoms with Crippen molar-refractivity contribution < 1.29 is 13.2 Å². The van der Waals surface area contributed by atoms with Crippen molar-refractivity contribution in [2.45, 2.75) is 17.7 Å². The largest absolute Gasteiger partial charge is 0.398 e. The zero-order valence-electron chi connectivity index (χ0n) is 11.4. The van der Waals surface area contributed by atoms with Gasteiger partial charge in [-0.3, -0.25) is 4.79 Å². The minimum atomic E-state index is -3.73. The first-order chi connectivity index (χ1) is 9.43. The highest BCUT2D eigenvalue weighted by atomic mass is 32.2. The summed E-state index contributed by atoms with van der Waals surface area (Å²) in [5, 5.41) is 0. The van der Waals surface area contributed by atoms with Crippen LogP contribution in [0, 0.1) is 0 Å². The highest BCUT2D eigenvalue weighted by molar-refractivity contribution is 7.89. The molecule has 0 atom stereocenters. The molecule has 1 aromatic carbocycles. The van der Waals surface area contributed by atoms with Gasteiger partial charge in [0.05, 0.1) is 12.2 Å². The number of nitrogens with two attached hydrogens (primary N) is 1. The number of nitrogens with zero attached hydrogens (tertiary/aromatic N) is 2. The molecule has 20 heavy (non-hydrogen) atoms. The number of anilines is 1. The van der Waals surface area contributed by atoms with Crippen molar-refractivity contribution in [3.8, 4) is 0 Å². The van der Waals surface area contributed by atoms with Crippen LogP contribution in [0.2, 0.25) is 0 Å². The monoisotopic (exact) mass is 297 g/mol. The van der Waals surface area contributed by atoms with Crippen LogP contribution in [0.1, 0.15) is 12.8 Å². The zero-order chi connectivity index (χ0) is 14.8. The number of benzene rings is 1. The minimum Gasteiger partial charge on any atom is -0.398 e. The van der Waals surface area contributed by atoms with Crippen molar-refractivity contribution in [3.63, 3.8) is 0 Å². The molecule has 1 heterocycles. The van der Waals surface area contributed by atoms with Crippen molar-refractivity contribution in [2.75, 3.05) is 32.4 Å². The van der Waals surface area contributed by atoms with E-state index in [-0.39, 0.29) is 23.0 Å². The lowest BCUT2D eigenvalue weighted by Crippen LogP contribution is -2.39. The maximum atomic E-state index is 12.4. The number of nitrogen functional groups attached to an aromatic ring is 1. The smallest absolute Gasteiger partial charge is 0.245 e. The van der Waals surface area contributed by atoms with Gasteiger partial charge in [-0.05, 0) is 25.0 Å². The van der Waals surface area contributed by atoms with Crippen LogP contribution >= 0.6 is 0 Å². The van der Waals surface area contributed by atoms with Crippen molar-refractivity contribution in [3.05, 3.63) is 24.3 Å². The summed E-state index contributed by atoms with van der Waals surface area (Å²) >= 11 is 0. The SMILES string of the molecule is CN(CC(=O)N1CCCC1)S(=O)(=O)c1ccccc1N. The molecule has 0 aliphatic carbocycles. The highest BCUT2D eigenvalue weighted by Gasteiger charge is 2.27. The first-order valence-electron chi connectivity index (χ1n) is 6.51. The molecule has 2 N–H and O–H groups in total. The van der Waals surface area contributed by atoms with E-state index < -0.39 is 10.0 Å². The van der Waals surface area contributed by atoms with Gasteiger partial charge in [0.15, 0.2) is 0 Å². The quantitative estimate of drug-likeness (QED) is 0.821. The zero-order valence-corrected chi connectivity index (χ0v) is 12.3. The summed E-state index contributed by atoms with van der Waals surface area (Å²) in [6, 6.07) is 6.26. The molecule has 0 unspecified atom stereocenters. The molecule has 0 radical (unpaired) electrons. The van der Waals surface area contributed by atoms with E-state index in [9.17, 15) is 13.2 Å². The molecule has 0 spiro atoms. The fourth-order valence-corrected chi connectivity index (χ4v) is 3.46. The molecule has 1 aliphatic heterocycles. The maximum absolute atomic E-state index is 12.4. The van der Waals surface area contributed by atoms with Crippen molar-refractivity contribution in [1.82, 2.24) is 9.21 Å². The Morgan fingerprint density at radius 3 is 2.50 bits per heavy atom. The number of rotatable bonds is 4. The third kappa shape index (κ3) is 2.94. The average molecular weight is 297 g/mol. The lowest BCUT2D eigenvalue weighted by molar-refractivity contribution is -0.130. The van der Waals surface area contributed by atoms with Gasteiger partial charge in [-0.1, -0.05) is 12.1 Å². The number of likely N-dealkylation sites (tertiary alicyclic amines) is 1. The average Bonchev–Trinajstić information content (AvgIpc) is 2.92. The number of carbonyl (C=O) groups excluding carboxylic acids is 1. The first kappa shape index (κ1) is 14.8. The van der Waals surface area contributed by atoms with Crippen LogP contribution in [0.5, 0.6) is 0 Å². The van der Waals surface area contributed by atoms with E-state index in [1.165, 1.54) is 19.2 Å². The lowest BCUT2D eigenvalue weighted by Gasteiger charge is -2.21. The number of para-hydroxylation sites is 1. The number of hydrogen-bond acceptors (Lipinski definition) is 4. The second-order valence-corrected chi connectivity index (χ2v) is 6.90. The van der Waals surface area contributed by atoms with Gasteiger partial charge in [-0.25, -0.2) is 8.42 Å². The first-order valence-corrected chi connectivity index (χ1v) is 7.95. The molecule has 0 saturated carbocycles. The Hall–Kier alpha value is -1.60. The van der Waals surface area contributed by atoms with Gasteiger partial charge in [0.25, 0.3) is 0 Å². The van der Waals surface area contributed by atoms with Crippen molar-refractivity contribution in [1.29, 1.82) is 0 Å². The molecule has 1 aromatic rings. The molecule has 7 heteroatoms. The second-order valence-electron chi connectivity index (χ2n) is 4.89. The lowest BCUT2D eigenvalue weighted by atomic mass is 10.3. The van der Waals surface area contributed by atoms with Crippen LogP contribution in [0.4, 0.5) is 5.69 Å². The van der Waals surface area contributed by atoms with E-state index in [4.69, 9.17) is 5.73 Å². The van der Waals surface area contributed by atoms with E-state index in [1.807, 2.05) is 0 Å². The number of likely N-dealkylation sites (N-methyl/N-ethyl adjacent to an activating group) is 1. The predicted octanol–water partition coefficient (Wildman–Crippen LogP) is 0.512. The number of carbonyl (C=O) groups is 1. The van der Waals surface area contributed by atoms with Gasteiger partial charge >= 0.3 is 0 Å². The molecule has 0 aromatic heterocycles. The van der Waals surface area contributed by atoms with Gasteiger partial charge < -0.3 is 10.6 Å². The van der Waals surface area contributed by atoms with Crippen LogP contribution in [0.15, 0.2) is 29.2 Å². The van der Waals surface area contributed by atoms with Crippen molar-refractivity contribution in [2.24, 2.45) is 0 Å². The molecule has 1 amide bonds. The van der Waals surface area contributed by atoms with Crippen LogP contribution in [-0.4, -0.2) is 50.2 Å². The Morgan fingerprint density at radius 1 is 1.30 bits per heavy atom. The normalized spacial score (nSPS) is 15.8. The highest BCUT2D eigenvalue weighted by Crippen LogP contribution is 2.21. The summed E-state index contributed by atoms with van der Waals surface area (Å²) in [6.45, 7) is 1.26. The molecule has 0 bridgehead atoms. The summed E-state index contributed by atoms with van der Waals surface area (Å²) in [6.07, 6.45) is 1.96. The fraction of sp³-hybridized carbons (Fsp3) is 0.462. The Bertz CT molecular complexity index is 595. The second kappa shape index (κ2) is 5.80. The fourth-order valence-electron chi connectivity index (χ4n) is 2.23. The van der Waals surface area contributed by atoms with Crippen LogP contribution in [0.3, 0.4) is 0 Å². The van der Waals surface area contributed by atoms with Crippen LogP contribution in [0.25, 0.3) is 0 Å². The maximum Gasteiger partial charge on any atom is 0.245 e. The van der Waals surface area contributed by atoms with Crippen LogP contribution in [-0.2, 0) is 14.8 Å². The van der Waals surface area contributed by atoms with Crippen molar-refractivity contribution >= 4 is 21.6 Å². The Labute approximate surface area is 119 Å². The van der Waals surface area contributed by atoms with E-state index >= 15 is 0 Å². The summed E-state index contributed by atoms with van der Waals surface area (Å²) in [5.74, 6) is -0.164. The molecule has 1 aliphatic rings. The van der Waals surface area contributed by atoms with Crippen LogP contribution < -0.4 is 5.73 Å². The molecular weight excluding hydrogens is 278 g/mol. The topological polar surface area (TPSA) is 83.7 Å². The number of hydrogen-bond donors (Lipinski definition) is 1. The standard InChI is InChI=1S/C13H19N3O3S/c1-15(10-13(17)16-8-4-5-9-16)20(18,19)12-7-3-2-6-11(12)14/h2-3,6-7H,4-5,8-10,14H2,1H3. The molecule has 2 rings (SSSR count). The Morgan fingerprint density at radius 2 is 1.90 bits per heavy atom. The molecule has 1 saturated heterocycles. The molecule has 6 nitrogen and oxygen atoms in total. The number of sulfonamides is 1. The van der Waals surface area contributed by atoms with Gasteiger partial charge in [0, 0.05) is 20.1 Å². The van der Waals surface area contributed by atoms with Gasteiger partial charge in [-0.15, -0.1) is 0 Å². The summed E-state index contributed by atoms with van der Waals surface area (Å²) < 4.78 is 25.8. The summed E-state index contributed by atoms with van der Waals surface area (Å²) in [4.78, 5) is 13.7. The van der Waals surface area contributed by atoms with E-state index in [1.54, 1.807) is 17.0 Å². The molecular formula is C13H19N3O3S. The Kier molecular flexibility index (Phi) is 4.29. The predicted molar refractivity (Wildman–Crippen MR) is 76.5 cm³/mol. The summed E-state index contributed by atoms with van der Waals surface area (Å²) in [7, 11) is -2.33. The van der Waals surface area contributed by atoms with Gasteiger partial charge in [-0.2, -0.15) is 4.31 Å².